The Morgan fingerprint density at radius 1 is 1.11 bits per heavy atom. The predicted octanol–water partition coefficient (Wildman–Crippen LogP) is 4.02. The third kappa shape index (κ3) is 1.71. The zero-order valence-electron chi connectivity index (χ0n) is 9.26. The zero-order valence-corrected chi connectivity index (χ0v) is 10.8. The Labute approximate surface area is 114 Å². The lowest BCUT2D eigenvalue weighted by Gasteiger charge is -2.25. The smallest absolute Gasteiger partial charge is 0.315 e. The van der Waals surface area contributed by atoms with Crippen molar-refractivity contribution < 1.29 is 9.90 Å². The summed E-state index contributed by atoms with van der Waals surface area (Å²) >= 11 is 7.70. The van der Waals surface area contributed by atoms with Gasteiger partial charge in [0.25, 0.3) is 0 Å². The Morgan fingerprint density at radius 2 is 1.83 bits per heavy atom. The van der Waals surface area contributed by atoms with Crippen LogP contribution in [0.1, 0.15) is 17.0 Å². The van der Waals surface area contributed by atoms with Crippen molar-refractivity contribution in [3.8, 4) is 0 Å². The molecule has 0 saturated carbocycles. The topological polar surface area (TPSA) is 37.3 Å². The van der Waals surface area contributed by atoms with Crippen molar-refractivity contribution in [2.45, 2.75) is 15.7 Å². The minimum absolute atomic E-state index is 0.609. The SMILES string of the molecule is O=C(O)C1c2ccccc2Sc2c(Cl)cccc21. The minimum Gasteiger partial charge on any atom is -0.481 e. The molecule has 0 aromatic heterocycles. The molecule has 0 radical (unpaired) electrons. The fraction of sp³-hybridized carbons (Fsp3) is 0.0714. The summed E-state index contributed by atoms with van der Waals surface area (Å²) in [5.74, 6) is -1.47. The molecule has 1 atom stereocenters. The van der Waals surface area contributed by atoms with Crippen LogP contribution in [0.25, 0.3) is 0 Å². The molecule has 2 aromatic rings. The molecule has 0 saturated heterocycles. The Bertz CT molecular complexity index is 639. The fourth-order valence-corrected chi connectivity index (χ4v) is 3.65. The second-order valence-corrected chi connectivity index (χ2v) is 5.53. The molecule has 0 bridgehead atoms. The van der Waals surface area contributed by atoms with Crippen LogP contribution in [0, 0.1) is 0 Å². The molecule has 0 fully saturated rings. The summed E-state index contributed by atoms with van der Waals surface area (Å²) in [6.07, 6.45) is 0. The van der Waals surface area contributed by atoms with Gasteiger partial charge in [0.15, 0.2) is 0 Å². The summed E-state index contributed by atoms with van der Waals surface area (Å²) in [6, 6.07) is 13.0. The van der Waals surface area contributed by atoms with Crippen LogP contribution >= 0.6 is 23.4 Å². The summed E-state index contributed by atoms with van der Waals surface area (Å²) in [7, 11) is 0. The number of halogens is 1. The molecule has 1 aliphatic heterocycles. The largest absolute Gasteiger partial charge is 0.481 e. The average molecular weight is 277 g/mol. The summed E-state index contributed by atoms with van der Waals surface area (Å²) in [5.41, 5.74) is 1.61. The van der Waals surface area contributed by atoms with E-state index >= 15 is 0 Å². The van der Waals surface area contributed by atoms with Crippen LogP contribution in [-0.4, -0.2) is 11.1 Å². The lowest BCUT2D eigenvalue weighted by Crippen LogP contribution is -2.17. The molecular formula is C14H9ClO2S. The Morgan fingerprint density at radius 3 is 2.61 bits per heavy atom. The summed E-state index contributed by atoms with van der Waals surface area (Å²) < 4.78 is 0. The summed E-state index contributed by atoms with van der Waals surface area (Å²) in [6.45, 7) is 0. The van der Waals surface area contributed by atoms with E-state index in [4.69, 9.17) is 11.6 Å². The molecule has 4 heteroatoms. The molecule has 2 nitrogen and oxygen atoms in total. The average Bonchev–Trinajstić information content (AvgIpc) is 2.36. The Kier molecular flexibility index (Phi) is 2.80. The number of fused-ring (bicyclic) bond motifs is 2. The number of hydrogen-bond acceptors (Lipinski definition) is 2. The molecule has 90 valence electrons. The van der Waals surface area contributed by atoms with E-state index in [-0.39, 0.29) is 0 Å². The van der Waals surface area contributed by atoms with Crippen LogP contribution in [0.5, 0.6) is 0 Å². The number of hydrogen-bond donors (Lipinski definition) is 1. The highest BCUT2D eigenvalue weighted by molar-refractivity contribution is 7.99. The second kappa shape index (κ2) is 4.34. The molecule has 1 unspecified atom stereocenters. The van der Waals surface area contributed by atoms with Gasteiger partial charge >= 0.3 is 5.97 Å². The van der Waals surface area contributed by atoms with Crippen LogP contribution in [0.15, 0.2) is 52.3 Å². The van der Waals surface area contributed by atoms with E-state index in [9.17, 15) is 9.90 Å². The fourth-order valence-electron chi connectivity index (χ4n) is 2.22. The van der Waals surface area contributed by atoms with Gasteiger partial charge in [-0.2, -0.15) is 0 Å². The molecule has 0 spiro atoms. The normalized spacial score (nSPS) is 16.8. The van der Waals surface area contributed by atoms with Gasteiger partial charge < -0.3 is 5.11 Å². The van der Waals surface area contributed by atoms with Gasteiger partial charge in [0, 0.05) is 9.79 Å². The van der Waals surface area contributed by atoms with Crippen molar-refractivity contribution in [1.29, 1.82) is 0 Å². The van der Waals surface area contributed by atoms with E-state index in [0.29, 0.717) is 5.02 Å². The lowest BCUT2D eigenvalue weighted by atomic mass is 9.91. The first-order valence-electron chi connectivity index (χ1n) is 5.46. The van der Waals surface area contributed by atoms with Gasteiger partial charge in [-0.3, -0.25) is 4.79 Å². The molecule has 1 heterocycles. The van der Waals surface area contributed by atoms with E-state index in [1.54, 1.807) is 12.1 Å². The maximum atomic E-state index is 11.5. The van der Waals surface area contributed by atoms with Crippen LogP contribution in [0.3, 0.4) is 0 Å². The standard InChI is InChI=1S/C14H9ClO2S/c15-10-6-3-5-9-12(14(16)17)8-4-1-2-7-11(8)18-13(9)10/h1-7,12H,(H,16,17). The van der Waals surface area contributed by atoms with Gasteiger partial charge in [-0.25, -0.2) is 0 Å². The van der Waals surface area contributed by atoms with Crippen molar-refractivity contribution in [3.05, 3.63) is 58.6 Å². The van der Waals surface area contributed by atoms with E-state index < -0.39 is 11.9 Å². The number of rotatable bonds is 1. The molecule has 2 aromatic carbocycles. The van der Waals surface area contributed by atoms with Gasteiger partial charge in [-0.05, 0) is 23.3 Å². The molecule has 3 rings (SSSR count). The molecular weight excluding hydrogens is 268 g/mol. The van der Waals surface area contributed by atoms with E-state index in [2.05, 4.69) is 0 Å². The molecule has 0 amide bonds. The van der Waals surface area contributed by atoms with Crippen molar-refractivity contribution in [2.24, 2.45) is 0 Å². The highest BCUT2D eigenvalue weighted by atomic mass is 35.5. The number of benzene rings is 2. The maximum Gasteiger partial charge on any atom is 0.315 e. The van der Waals surface area contributed by atoms with E-state index in [1.165, 1.54) is 11.8 Å². The molecule has 1 N–H and O–H groups in total. The third-order valence-corrected chi connectivity index (χ3v) is 4.68. The van der Waals surface area contributed by atoms with Crippen molar-refractivity contribution in [3.63, 3.8) is 0 Å². The minimum atomic E-state index is -0.841. The van der Waals surface area contributed by atoms with E-state index in [1.807, 2.05) is 30.3 Å². The third-order valence-electron chi connectivity index (χ3n) is 3.00. The van der Waals surface area contributed by atoms with Gasteiger partial charge in [0.05, 0.1) is 5.02 Å². The molecule has 18 heavy (non-hydrogen) atoms. The van der Waals surface area contributed by atoms with Gasteiger partial charge in [0.2, 0.25) is 0 Å². The van der Waals surface area contributed by atoms with Crippen LogP contribution < -0.4 is 0 Å². The second-order valence-electron chi connectivity index (χ2n) is 4.07. The Balaban J connectivity index is 2.27. The van der Waals surface area contributed by atoms with Crippen LogP contribution in [-0.2, 0) is 4.79 Å². The number of aliphatic carboxylic acids is 1. The maximum absolute atomic E-state index is 11.5. The number of carboxylic acids is 1. The quantitative estimate of drug-likeness (QED) is 0.855. The first-order valence-corrected chi connectivity index (χ1v) is 6.66. The highest BCUT2D eigenvalue weighted by Crippen LogP contribution is 2.48. The van der Waals surface area contributed by atoms with Gasteiger partial charge in [-0.1, -0.05) is 53.7 Å². The summed E-state index contributed by atoms with van der Waals surface area (Å²) in [4.78, 5) is 13.4. The monoisotopic (exact) mass is 276 g/mol. The van der Waals surface area contributed by atoms with Gasteiger partial charge in [-0.15, -0.1) is 0 Å². The van der Waals surface area contributed by atoms with Crippen molar-refractivity contribution >= 4 is 29.3 Å². The van der Waals surface area contributed by atoms with Gasteiger partial charge in [0.1, 0.15) is 5.92 Å². The number of carboxylic acid groups (broad SMARTS) is 1. The zero-order chi connectivity index (χ0) is 12.7. The highest BCUT2D eigenvalue weighted by Gasteiger charge is 2.32. The first kappa shape index (κ1) is 11.6. The van der Waals surface area contributed by atoms with Crippen LogP contribution in [0.4, 0.5) is 0 Å². The van der Waals surface area contributed by atoms with Crippen molar-refractivity contribution in [2.75, 3.05) is 0 Å². The van der Waals surface area contributed by atoms with Crippen molar-refractivity contribution in [1.82, 2.24) is 0 Å². The van der Waals surface area contributed by atoms with E-state index in [0.717, 1.165) is 20.9 Å². The van der Waals surface area contributed by atoms with Crippen LogP contribution in [0.2, 0.25) is 5.02 Å². The predicted molar refractivity (Wildman–Crippen MR) is 71.5 cm³/mol. The molecule has 1 aliphatic rings. The molecule has 0 aliphatic carbocycles. The Hall–Kier alpha value is -1.45. The number of carbonyl (C=O) groups is 1. The lowest BCUT2D eigenvalue weighted by molar-refractivity contribution is -0.137. The summed E-state index contributed by atoms with van der Waals surface area (Å²) in [5, 5.41) is 10.1. The first-order chi connectivity index (χ1) is 8.68.